The minimum absolute atomic E-state index is 0.381. The van der Waals surface area contributed by atoms with Gasteiger partial charge in [0.05, 0.1) is 18.4 Å². The second-order valence-corrected chi connectivity index (χ2v) is 6.14. The number of aromatic nitrogens is 2. The van der Waals surface area contributed by atoms with Crippen LogP contribution in [-0.4, -0.2) is 40.6 Å². The summed E-state index contributed by atoms with van der Waals surface area (Å²) in [6, 6.07) is 10.1. The van der Waals surface area contributed by atoms with Crippen molar-refractivity contribution in [2.45, 2.75) is 38.4 Å². The van der Waals surface area contributed by atoms with Gasteiger partial charge >= 0.3 is 0 Å². The predicted octanol–water partition coefficient (Wildman–Crippen LogP) is 3.09. The van der Waals surface area contributed by atoms with E-state index in [4.69, 9.17) is 4.74 Å². The van der Waals surface area contributed by atoms with Crippen LogP contribution in [0.2, 0.25) is 0 Å². The zero-order valence-corrected chi connectivity index (χ0v) is 13.6. The third-order valence-electron chi connectivity index (χ3n) is 4.39. The summed E-state index contributed by atoms with van der Waals surface area (Å²) < 4.78 is 5.99. The van der Waals surface area contributed by atoms with Crippen molar-refractivity contribution in [2.24, 2.45) is 0 Å². The summed E-state index contributed by atoms with van der Waals surface area (Å²) in [7, 11) is 0. The first-order valence-electron chi connectivity index (χ1n) is 8.53. The SMILES string of the molecule is c1ccc(COC2CCN(CCCc3cccnc3)CC2)nc1. The van der Waals surface area contributed by atoms with E-state index in [0.717, 1.165) is 38.0 Å². The highest BCUT2D eigenvalue weighted by Crippen LogP contribution is 2.16. The van der Waals surface area contributed by atoms with Gasteiger partial charge in [-0.25, -0.2) is 0 Å². The fourth-order valence-corrected chi connectivity index (χ4v) is 3.04. The van der Waals surface area contributed by atoms with Gasteiger partial charge in [0.25, 0.3) is 0 Å². The van der Waals surface area contributed by atoms with E-state index in [9.17, 15) is 0 Å². The molecule has 1 aliphatic heterocycles. The Morgan fingerprint density at radius 2 is 2.00 bits per heavy atom. The average Bonchev–Trinajstić information content (AvgIpc) is 2.63. The third kappa shape index (κ3) is 5.41. The van der Waals surface area contributed by atoms with Gasteiger partial charge in [-0.2, -0.15) is 0 Å². The molecule has 122 valence electrons. The number of rotatable bonds is 7. The van der Waals surface area contributed by atoms with Gasteiger partial charge in [-0.1, -0.05) is 12.1 Å². The van der Waals surface area contributed by atoms with Crippen molar-refractivity contribution < 1.29 is 4.74 Å². The second-order valence-electron chi connectivity index (χ2n) is 6.14. The molecule has 0 saturated carbocycles. The Morgan fingerprint density at radius 3 is 2.74 bits per heavy atom. The molecule has 0 aliphatic carbocycles. The Bertz CT molecular complexity index is 553. The van der Waals surface area contributed by atoms with Crippen molar-refractivity contribution in [1.82, 2.24) is 14.9 Å². The molecule has 0 radical (unpaired) electrons. The first kappa shape index (κ1) is 16.1. The summed E-state index contributed by atoms with van der Waals surface area (Å²) in [6.45, 7) is 4.08. The van der Waals surface area contributed by atoms with Crippen LogP contribution < -0.4 is 0 Å². The lowest BCUT2D eigenvalue weighted by Gasteiger charge is -2.31. The molecule has 4 heteroatoms. The maximum atomic E-state index is 5.99. The summed E-state index contributed by atoms with van der Waals surface area (Å²) in [4.78, 5) is 11.0. The second kappa shape index (κ2) is 8.75. The van der Waals surface area contributed by atoms with E-state index >= 15 is 0 Å². The minimum atomic E-state index is 0.381. The molecular formula is C19H25N3O. The Kier molecular flexibility index (Phi) is 6.12. The van der Waals surface area contributed by atoms with Crippen molar-refractivity contribution in [2.75, 3.05) is 19.6 Å². The van der Waals surface area contributed by atoms with Gasteiger partial charge in [0.1, 0.15) is 0 Å². The normalized spacial score (nSPS) is 16.5. The third-order valence-corrected chi connectivity index (χ3v) is 4.39. The van der Waals surface area contributed by atoms with Crippen LogP contribution in [0.3, 0.4) is 0 Å². The van der Waals surface area contributed by atoms with Crippen LogP contribution in [0.5, 0.6) is 0 Å². The molecule has 0 bridgehead atoms. The zero-order valence-electron chi connectivity index (χ0n) is 13.6. The van der Waals surface area contributed by atoms with E-state index in [1.54, 1.807) is 0 Å². The maximum absolute atomic E-state index is 5.99. The highest BCUT2D eigenvalue weighted by atomic mass is 16.5. The molecule has 0 amide bonds. The summed E-state index contributed by atoms with van der Waals surface area (Å²) in [6.07, 6.45) is 10.6. The molecule has 3 heterocycles. The number of pyridine rings is 2. The summed E-state index contributed by atoms with van der Waals surface area (Å²) in [5, 5.41) is 0. The van der Waals surface area contributed by atoms with Gasteiger partial charge in [-0.05, 0) is 56.0 Å². The first-order chi connectivity index (χ1) is 11.4. The quantitative estimate of drug-likeness (QED) is 0.787. The Hall–Kier alpha value is -1.78. The molecule has 1 saturated heterocycles. The number of ether oxygens (including phenoxy) is 1. The summed E-state index contributed by atoms with van der Waals surface area (Å²) in [5.74, 6) is 0. The highest BCUT2D eigenvalue weighted by Gasteiger charge is 2.19. The highest BCUT2D eigenvalue weighted by molar-refractivity contribution is 5.08. The molecule has 0 aromatic carbocycles. The van der Waals surface area contributed by atoms with E-state index in [0.29, 0.717) is 12.7 Å². The molecule has 0 unspecified atom stereocenters. The van der Waals surface area contributed by atoms with Crippen LogP contribution in [-0.2, 0) is 17.8 Å². The minimum Gasteiger partial charge on any atom is -0.372 e. The van der Waals surface area contributed by atoms with Gasteiger partial charge < -0.3 is 9.64 Å². The molecule has 0 N–H and O–H groups in total. The first-order valence-corrected chi connectivity index (χ1v) is 8.53. The van der Waals surface area contributed by atoms with Crippen LogP contribution in [0.4, 0.5) is 0 Å². The number of likely N-dealkylation sites (tertiary alicyclic amines) is 1. The number of hydrogen-bond acceptors (Lipinski definition) is 4. The number of hydrogen-bond donors (Lipinski definition) is 0. The molecule has 1 fully saturated rings. The van der Waals surface area contributed by atoms with Gasteiger partial charge in [0.15, 0.2) is 0 Å². The fraction of sp³-hybridized carbons (Fsp3) is 0.474. The fourth-order valence-electron chi connectivity index (χ4n) is 3.04. The molecule has 23 heavy (non-hydrogen) atoms. The van der Waals surface area contributed by atoms with Crippen molar-refractivity contribution in [3.63, 3.8) is 0 Å². The Morgan fingerprint density at radius 1 is 1.09 bits per heavy atom. The van der Waals surface area contributed by atoms with Crippen LogP contribution in [0, 0.1) is 0 Å². The van der Waals surface area contributed by atoms with Crippen LogP contribution in [0.1, 0.15) is 30.5 Å². The lowest BCUT2D eigenvalue weighted by Crippen LogP contribution is -2.37. The van der Waals surface area contributed by atoms with Crippen LogP contribution in [0.25, 0.3) is 0 Å². The molecule has 2 aromatic rings. The van der Waals surface area contributed by atoms with Gasteiger partial charge in [0.2, 0.25) is 0 Å². The predicted molar refractivity (Wildman–Crippen MR) is 91.0 cm³/mol. The monoisotopic (exact) mass is 311 g/mol. The van der Waals surface area contributed by atoms with E-state index in [1.165, 1.54) is 18.5 Å². The molecule has 3 rings (SSSR count). The molecule has 0 spiro atoms. The molecular weight excluding hydrogens is 286 g/mol. The van der Waals surface area contributed by atoms with Gasteiger partial charge in [-0.15, -0.1) is 0 Å². The lowest BCUT2D eigenvalue weighted by atomic mass is 10.1. The number of aryl methyl sites for hydroxylation is 1. The lowest BCUT2D eigenvalue weighted by molar-refractivity contribution is -0.00384. The topological polar surface area (TPSA) is 38.2 Å². The van der Waals surface area contributed by atoms with E-state index < -0.39 is 0 Å². The number of nitrogens with zero attached hydrogens (tertiary/aromatic N) is 3. The smallest absolute Gasteiger partial charge is 0.0891 e. The van der Waals surface area contributed by atoms with Gasteiger partial charge in [-0.3, -0.25) is 9.97 Å². The van der Waals surface area contributed by atoms with Crippen molar-refractivity contribution >= 4 is 0 Å². The van der Waals surface area contributed by atoms with Crippen molar-refractivity contribution in [1.29, 1.82) is 0 Å². The Labute approximate surface area is 138 Å². The van der Waals surface area contributed by atoms with E-state index in [2.05, 4.69) is 20.9 Å². The Balaban J connectivity index is 1.31. The average molecular weight is 311 g/mol. The van der Waals surface area contributed by atoms with Crippen LogP contribution in [0.15, 0.2) is 48.9 Å². The summed E-state index contributed by atoms with van der Waals surface area (Å²) >= 11 is 0. The molecule has 2 aromatic heterocycles. The molecule has 0 atom stereocenters. The van der Waals surface area contributed by atoms with E-state index in [1.807, 2.05) is 42.9 Å². The molecule has 1 aliphatic rings. The van der Waals surface area contributed by atoms with E-state index in [-0.39, 0.29) is 0 Å². The zero-order chi connectivity index (χ0) is 15.7. The summed E-state index contributed by atoms with van der Waals surface area (Å²) in [5.41, 5.74) is 2.35. The standard InChI is InChI=1S/C19H25N3O/c1-2-11-21-18(7-1)16-23-19-8-13-22(14-9-19)12-4-6-17-5-3-10-20-15-17/h1-3,5,7,10-11,15,19H,4,6,8-9,12-14,16H2. The van der Waals surface area contributed by atoms with Crippen molar-refractivity contribution in [3.05, 3.63) is 60.2 Å². The molecule has 4 nitrogen and oxygen atoms in total. The maximum Gasteiger partial charge on any atom is 0.0891 e. The number of piperidine rings is 1. The van der Waals surface area contributed by atoms with Gasteiger partial charge in [0, 0.05) is 31.7 Å². The van der Waals surface area contributed by atoms with Crippen LogP contribution >= 0.6 is 0 Å². The largest absolute Gasteiger partial charge is 0.372 e. The van der Waals surface area contributed by atoms with Crippen molar-refractivity contribution in [3.8, 4) is 0 Å².